The van der Waals surface area contributed by atoms with Crippen molar-refractivity contribution in [3.05, 3.63) is 0 Å². The van der Waals surface area contributed by atoms with Crippen molar-refractivity contribution in [1.29, 1.82) is 0 Å². The Kier molecular flexibility index (Phi) is 5.04. The average molecular weight is 317 g/mol. The molecule has 0 radical (unpaired) electrons. The summed E-state index contributed by atoms with van der Waals surface area (Å²) < 4.78 is 0. The van der Waals surface area contributed by atoms with Gasteiger partial charge in [0.1, 0.15) is 6.23 Å². The zero-order chi connectivity index (χ0) is 14.8. The lowest BCUT2D eigenvalue weighted by Gasteiger charge is -2.32. The lowest BCUT2D eigenvalue weighted by atomic mass is 9.80. The van der Waals surface area contributed by atoms with E-state index < -0.39 is 5.97 Å². The number of carboxylic acids is 1. The molecule has 1 heterocycles. The van der Waals surface area contributed by atoms with E-state index in [9.17, 15) is 9.90 Å². The highest BCUT2D eigenvalue weighted by Crippen LogP contribution is 2.35. The molecule has 6 heteroatoms. The number of hydroxylamine groups is 1. The minimum absolute atomic E-state index is 0.0389. The van der Waals surface area contributed by atoms with Gasteiger partial charge in [-0.25, -0.2) is 0 Å². The summed E-state index contributed by atoms with van der Waals surface area (Å²) in [5.74, 6) is -0.205. The van der Waals surface area contributed by atoms with E-state index in [2.05, 4.69) is 10.8 Å². The summed E-state index contributed by atoms with van der Waals surface area (Å²) in [7, 11) is 0. The molecule has 0 spiro atoms. The number of hydrogen-bond donors (Lipinski definition) is 3. The van der Waals surface area contributed by atoms with Crippen LogP contribution in [-0.4, -0.2) is 28.8 Å². The molecule has 0 bridgehead atoms. The van der Waals surface area contributed by atoms with E-state index in [1.807, 2.05) is 0 Å². The van der Waals surface area contributed by atoms with Crippen LogP contribution in [0.2, 0.25) is 0 Å². The van der Waals surface area contributed by atoms with E-state index in [1.54, 1.807) is 0 Å². The van der Waals surface area contributed by atoms with E-state index in [0.29, 0.717) is 11.8 Å². The maximum absolute atomic E-state index is 11.2. The molecule has 0 amide bonds. The number of alkyl halides is 1. The molecule has 5 nitrogen and oxygen atoms in total. The molecular weight excluding hydrogens is 292 g/mol. The zero-order valence-electron chi connectivity index (χ0n) is 12.3. The van der Waals surface area contributed by atoms with Gasteiger partial charge in [0.25, 0.3) is 0 Å². The van der Waals surface area contributed by atoms with Crippen LogP contribution in [0.25, 0.3) is 0 Å². The van der Waals surface area contributed by atoms with E-state index in [1.165, 1.54) is 12.8 Å². The predicted octanol–water partition coefficient (Wildman–Crippen LogP) is 2.45. The molecule has 21 heavy (non-hydrogen) atoms. The number of hydrogen-bond acceptors (Lipinski definition) is 4. The molecule has 0 aromatic carbocycles. The number of nitrogens with one attached hydrogen (secondary N) is 2. The van der Waals surface area contributed by atoms with Crippen molar-refractivity contribution >= 4 is 17.6 Å². The van der Waals surface area contributed by atoms with Crippen molar-refractivity contribution in [1.82, 2.24) is 10.8 Å². The lowest BCUT2D eigenvalue weighted by Crippen LogP contribution is -2.46. The fourth-order valence-electron chi connectivity index (χ4n) is 4.04. The molecular formula is C15H25ClN2O3. The van der Waals surface area contributed by atoms with E-state index >= 15 is 0 Å². The quantitative estimate of drug-likeness (QED) is 0.698. The first-order valence-corrected chi connectivity index (χ1v) is 8.63. The lowest BCUT2D eigenvalue weighted by molar-refractivity contribution is -0.143. The normalized spacial score (nSPS) is 44.6. The van der Waals surface area contributed by atoms with Gasteiger partial charge in [0, 0.05) is 11.3 Å². The Balaban J connectivity index is 1.55. The van der Waals surface area contributed by atoms with Crippen LogP contribution >= 0.6 is 11.6 Å². The topological polar surface area (TPSA) is 70.6 Å². The molecule has 6 unspecified atom stereocenters. The van der Waals surface area contributed by atoms with Crippen molar-refractivity contribution in [3.8, 4) is 0 Å². The Morgan fingerprint density at radius 2 is 1.95 bits per heavy atom. The summed E-state index contributed by atoms with van der Waals surface area (Å²) in [4.78, 5) is 16.9. The minimum atomic E-state index is -0.664. The highest BCUT2D eigenvalue weighted by Gasteiger charge is 2.40. The molecule has 0 aromatic heterocycles. The molecule has 3 fully saturated rings. The van der Waals surface area contributed by atoms with Gasteiger partial charge in [0.2, 0.25) is 0 Å². The van der Waals surface area contributed by atoms with Crippen LogP contribution in [0.1, 0.15) is 51.4 Å². The summed E-state index contributed by atoms with van der Waals surface area (Å²) in [5, 5.41) is 12.9. The summed E-state index contributed by atoms with van der Waals surface area (Å²) in [6.45, 7) is 0. The number of carbonyl (C=O) groups is 1. The standard InChI is InChI=1S/C15H25ClN2O3/c16-12-7-2-1-6-11(12)14-17-13(18-21-14)9-4-3-5-10(8-9)15(19)20/h9-14,17-18H,1-8H2,(H,19,20). The zero-order valence-corrected chi connectivity index (χ0v) is 13.0. The maximum Gasteiger partial charge on any atom is 0.306 e. The Labute approximate surface area is 130 Å². The summed E-state index contributed by atoms with van der Waals surface area (Å²) in [6, 6.07) is 0. The largest absolute Gasteiger partial charge is 0.481 e. The van der Waals surface area contributed by atoms with Crippen LogP contribution in [0.15, 0.2) is 0 Å². The number of carboxylic acid groups (broad SMARTS) is 1. The first-order chi connectivity index (χ1) is 10.1. The Hall–Kier alpha value is -0.360. The SMILES string of the molecule is O=C(O)C1CCCC(C2NOC(C3CCCCC3Cl)N2)C1. The molecule has 1 saturated heterocycles. The number of aliphatic carboxylic acids is 1. The molecule has 6 atom stereocenters. The fourth-order valence-corrected chi connectivity index (χ4v) is 4.46. The fraction of sp³-hybridized carbons (Fsp3) is 0.933. The predicted molar refractivity (Wildman–Crippen MR) is 79.6 cm³/mol. The third kappa shape index (κ3) is 3.52. The third-order valence-electron chi connectivity index (χ3n) is 5.32. The molecule has 1 aliphatic heterocycles. The van der Waals surface area contributed by atoms with Crippen LogP contribution in [0.5, 0.6) is 0 Å². The second kappa shape index (κ2) is 6.82. The molecule has 3 aliphatic rings. The van der Waals surface area contributed by atoms with Gasteiger partial charge in [-0.3, -0.25) is 14.9 Å². The summed E-state index contributed by atoms with van der Waals surface area (Å²) in [6.07, 6.45) is 8.16. The van der Waals surface area contributed by atoms with Crippen LogP contribution < -0.4 is 10.8 Å². The Bertz CT molecular complexity index is 382. The van der Waals surface area contributed by atoms with E-state index in [-0.39, 0.29) is 23.7 Å². The third-order valence-corrected chi connectivity index (χ3v) is 5.86. The molecule has 2 saturated carbocycles. The van der Waals surface area contributed by atoms with Crippen LogP contribution in [0, 0.1) is 17.8 Å². The maximum atomic E-state index is 11.2. The van der Waals surface area contributed by atoms with Gasteiger partial charge in [-0.15, -0.1) is 11.6 Å². The van der Waals surface area contributed by atoms with Crippen molar-refractivity contribution < 1.29 is 14.7 Å². The molecule has 3 rings (SSSR count). The average Bonchev–Trinajstić information content (AvgIpc) is 2.97. The van der Waals surface area contributed by atoms with Crippen molar-refractivity contribution in [2.24, 2.45) is 17.8 Å². The minimum Gasteiger partial charge on any atom is -0.481 e. The molecule has 3 N–H and O–H groups in total. The summed E-state index contributed by atoms with van der Waals surface area (Å²) in [5.41, 5.74) is 3.09. The van der Waals surface area contributed by atoms with Crippen LogP contribution in [-0.2, 0) is 9.63 Å². The Morgan fingerprint density at radius 3 is 2.71 bits per heavy atom. The monoisotopic (exact) mass is 316 g/mol. The highest BCUT2D eigenvalue weighted by atomic mass is 35.5. The van der Waals surface area contributed by atoms with Crippen LogP contribution in [0.3, 0.4) is 0 Å². The second-order valence-corrected chi connectivity index (χ2v) is 7.29. The van der Waals surface area contributed by atoms with Crippen LogP contribution in [0.4, 0.5) is 0 Å². The van der Waals surface area contributed by atoms with Gasteiger partial charge >= 0.3 is 5.97 Å². The highest BCUT2D eigenvalue weighted by molar-refractivity contribution is 6.20. The van der Waals surface area contributed by atoms with E-state index in [4.69, 9.17) is 16.4 Å². The first kappa shape index (κ1) is 15.5. The number of halogens is 1. The van der Waals surface area contributed by atoms with Gasteiger partial charge in [0.05, 0.1) is 12.1 Å². The molecule has 120 valence electrons. The van der Waals surface area contributed by atoms with Crippen molar-refractivity contribution in [2.75, 3.05) is 0 Å². The smallest absolute Gasteiger partial charge is 0.306 e. The van der Waals surface area contributed by atoms with E-state index in [0.717, 1.165) is 38.5 Å². The van der Waals surface area contributed by atoms with Gasteiger partial charge in [-0.05, 0) is 38.0 Å². The van der Waals surface area contributed by atoms with Crippen molar-refractivity contribution in [3.63, 3.8) is 0 Å². The first-order valence-electron chi connectivity index (χ1n) is 8.19. The van der Waals surface area contributed by atoms with Gasteiger partial charge in [-0.2, -0.15) is 5.48 Å². The van der Waals surface area contributed by atoms with Gasteiger partial charge in [0.15, 0.2) is 0 Å². The van der Waals surface area contributed by atoms with Gasteiger partial charge < -0.3 is 5.11 Å². The van der Waals surface area contributed by atoms with Gasteiger partial charge in [-0.1, -0.05) is 19.3 Å². The molecule has 0 aromatic rings. The number of rotatable bonds is 3. The molecule has 2 aliphatic carbocycles. The van der Waals surface area contributed by atoms with Crippen molar-refractivity contribution in [2.45, 2.75) is 69.1 Å². The Morgan fingerprint density at radius 1 is 1.14 bits per heavy atom. The second-order valence-electron chi connectivity index (χ2n) is 6.73. The summed E-state index contributed by atoms with van der Waals surface area (Å²) >= 11 is 6.44.